The van der Waals surface area contributed by atoms with E-state index in [0.717, 1.165) is 22.8 Å². The lowest BCUT2D eigenvalue weighted by Crippen LogP contribution is -2.48. The van der Waals surface area contributed by atoms with E-state index in [1.807, 2.05) is 24.0 Å². The lowest BCUT2D eigenvalue weighted by molar-refractivity contribution is 0.578. The second-order valence-electron chi connectivity index (χ2n) is 4.72. The molecule has 1 saturated heterocycles. The maximum atomic E-state index is 12.2. The number of rotatable bonds is 4. The summed E-state index contributed by atoms with van der Waals surface area (Å²) in [6, 6.07) is 3.81. The van der Waals surface area contributed by atoms with Crippen molar-refractivity contribution in [2.45, 2.75) is 25.1 Å². The van der Waals surface area contributed by atoms with Gasteiger partial charge >= 0.3 is 0 Å². The molecule has 1 aliphatic rings. The van der Waals surface area contributed by atoms with Crippen LogP contribution in [0, 0.1) is 6.92 Å². The number of aryl methyl sites for hydroxylation is 1. The third-order valence-corrected chi connectivity index (χ3v) is 7.10. The largest absolute Gasteiger partial charge is 0.338 e. The number of anilines is 1. The zero-order valence-corrected chi connectivity index (χ0v) is 14.1. The van der Waals surface area contributed by atoms with E-state index in [9.17, 15) is 8.42 Å². The zero-order chi connectivity index (χ0) is 14.8. The monoisotopic (exact) mass is 334 g/mol. The second-order valence-corrected chi connectivity index (χ2v) is 8.59. The van der Waals surface area contributed by atoms with Crippen LogP contribution in [0.4, 0.5) is 5.82 Å². The summed E-state index contributed by atoms with van der Waals surface area (Å²) in [7, 11) is -3.11. The molecule has 0 bridgehead atoms. The molecular formula is C13H19ClN2O2S2. The molecular weight excluding hydrogens is 316 g/mol. The summed E-state index contributed by atoms with van der Waals surface area (Å²) in [5.41, 5.74) is 1.85. The van der Waals surface area contributed by atoms with Crippen molar-refractivity contribution in [1.29, 1.82) is 0 Å². The van der Waals surface area contributed by atoms with Gasteiger partial charge in [-0.25, -0.2) is 13.4 Å². The smallest absolute Gasteiger partial charge is 0.171 e. The third-order valence-electron chi connectivity index (χ3n) is 3.52. The van der Waals surface area contributed by atoms with E-state index in [1.54, 1.807) is 18.7 Å². The fourth-order valence-electron chi connectivity index (χ4n) is 2.21. The molecule has 1 aromatic heterocycles. The van der Waals surface area contributed by atoms with Crippen LogP contribution in [0.2, 0.25) is 0 Å². The number of alkyl halides is 1. The van der Waals surface area contributed by atoms with Crippen molar-refractivity contribution in [2.24, 2.45) is 0 Å². The number of pyridine rings is 1. The Hall–Kier alpha value is -0.460. The highest BCUT2D eigenvalue weighted by molar-refractivity contribution is 8.01. The van der Waals surface area contributed by atoms with E-state index < -0.39 is 15.2 Å². The van der Waals surface area contributed by atoms with Crippen molar-refractivity contribution in [3.8, 4) is 0 Å². The maximum Gasteiger partial charge on any atom is 0.171 e. The van der Waals surface area contributed by atoms with Crippen LogP contribution in [0.3, 0.4) is 0 Å². The Balaban J connectivity index is 2.35. The van der Waals surface area contributed by atoms with Crippen LogP contribution >= 0.6 is 23.4 Å². The molecule has 2 heterocycles. The van der Waals surface area contributed by atoms with Crippen LogP contribution in [0.25, 0.3) is 0 Å². The highest BCUT2D eigenvalue weighted by atomic mass is 35.5. The molecule has 0 aromatic carbocycles. The van der Waals surface area contributed by atoms with Crippen molar-refractivity contribution in [2.75, 3.05) is 28.7 Å². The molecule has 7 heteroatoms. The van der Waals surface area contributed by atoms with E-state index in [0.29, 0.717) is 18.2 Å². The van der Waals surface area contributed by atoms with Crippen molar-refractivity contribution >= 4 is 39.0 Å². The average Bonchev–Trinajstić information content (AvgIpc) is 2.47. The Bertz CT molecular complexity index is 578. The fraction of sp³-hybridized carbons (Fsp3) is 0.615. The highest BCUT2D eigenvalue weighted by Gasteiger charge is 2.33. The van der Waals surface area contributed by atoms with Gasteiger partial charge in [0.2, 0.25) is 0 Å². The van der Waals surface area contributed by atoms with Gasteiger partial charge in [0.25, 0.3) is 0 Å². The summed E-state index contributed by atoms with van der Waals surface area (Å²) in [4.78, 5) is 6.45. The number of hydrogen-bond acceptors (Lipinski definition) is 5. The van der Waals surface area contributed by atoms with Crippen molar-refractivity contribution < 1.29 is 8.42 Å². The Morgan fingerprint density at radius 2 is 2.25 bits per heavy atom. The van der Waals surface area contributed by atoms with Gasteiger partial charge in [0.05, 0.1) is 0 Å². The maximum absolute atomic E-state index is 12.2. The minimum atomic E-state index is -3.11. The van der Waals surface area contributed by atoms with Gasteiger partial charge in [-0.2, -0.15) is 11.8 Å². The van der Waals surface area contributed by atoms with Gasteiger partial charge in [0.15, 0.2) is 9.84 Å². The summed E-state index contributed by atoms with van der Waals surface area (Å²) in [6.07, 6.45) is 0. The van der Waals surface area contributed by atoms with Crippen LogP contribution in [-0.4, -0.2) is 42.6 Å². The number of hydrogen-bond donors (Lipinski definition) is 0. The van der Waals surface area contributed by atoms with Crippen LogP contribution in [0.5, 0.6) is 0 Å². The quantitative estimate of drug-likeness (QED) is 0.792. The molecule has 0 aliphatic carbocycles. The van der Waals surface area contributed by atoms with E-state index in [-0.39, 0.29) is 5.75 Å². The molecule has 2 rings (SSSR count). The first-order valence-corrected chi connectivity index (χ1v) is 9.98. The van der Waals surface area contributed by atoms with Gasteiger partial charge in [0, 0.05) is 35.4 Å². The summed E-state index contributed by atoms with van der Waals surface area (Å²) in [5, 5.41) is -0.472. The molecule has 4 nitrogen and oxygen atoms in total. The number of halogens is 1. The predicted molar refractivity (Wildman–Crippen MR) is 86.5 cm³/mol. The molecule has 1 aliphatic heterocycles. The second kappa shape index (κ2) is 6.54. The van der Waals surface area contributed by atoms with Gasteiger partial charge < -0.3 is 4.90 Å². The molecule has 1 unspecified atom stereocenters. The summed E-state index contributed by atoms with van der Waals surface area (Å²) < 4.78 is 24.5. The molecule has 1 atom stereocenters. The third kappa shape index (κ3) is 3.23. The lowest BCUT2D eigenvalue weighted by Gasteiger charge is -2.35. The zero-order valence-electron chi connectivity index (χ0n) is 11.7. The van der Waals surface area contributed by atoms with Gasteiger partial charge in [-0.3, -0.25) is 0 Å². The van der Waals surface area contributed by atoms with Gasteiger partial charge in [0.1, 0.15) is 11.2 Å². The number of thioether (sulfide) groups is 1. The Kier molecular flexibility index (Phi) is 5.20. The first-order valence-electron chi connectivity index (χ1n) is 6.58. The van der Waals surface area contributed by atoms with Gasteiger partial charge in [-0.05, 0) is 18.6 Å². The van der Waals surface area contributed by atoms with E-state index in [1.165, 1.54) is 0 Å². The van der Waals surface area contributed by atoms with Gasteiger partial charge in [-0.15, -0.1) is 11.6 Å². The van der Waals surface area contributed by atoms with E-state index >= 15 is 0 Å². The van der Waals surface area contributed by atoms with Crippen LogP contribution in [0.1, 0.15) is 18.2 Å². The summed E-state index contributed by atoms with van der Waals surface area (Å²) in [6.45, 7) is 4.31. The summed E-state index contributed by atoms with van der Waals surface area (Å²) >= 11 is 7.53. The minimum Gasteiger partial charge on any atom is -0.338 e. The number of sulfone groups is 1. The Morgan fingerprint density at radius 1 is 1.50 bits per heavy atom. The van der Waals surface area contributed by atoms with Crippen molar-refractivity contribution in [3.63, 3.8) is 0 Å². The first-order chi connectivity index (χ1) is 9.49. The first kappa shape index (κ1) is 15.9. The highest BCUT2D eigenvalue weighted by Crippen LogP contribution is 2.27. The van der Waals surface area contributed by atoms with E-state index in [2.05, 4.69) is 4.98 Å². The molecule has 20 heavy (non-hydrogen) atoms. The van der Waals surface area contributed by atoms with Crippen LogP contribution < -0.4 is 4.90 Å². The fourth-order valence-corrected chi connectivity index (χ4v) is 5.47. The molecule has 0 N–H and O–H groups in total. The van der Waals surface area contributed by atoms with Gasteiger partial charge in [-0.1, -0.05) is 13.0 Å². The summed E-state index contributed by atoms with van der Waals surface area (Å²) in [5.74, 6) is 2.85. The lowest BCUT2D eigenvalue weighted by atomic mass is 10.2. The molecule has 0 saturated carbocycles. The standard InChI is InChI=1S/C13H19ClN2O2S2/c1-3-20(17,18)13-9-19-7-6-16(13)12-5-4-11(8-14)10(2)15-12/h4-5,13H,3,6-9H2,1-2H3. The molecule has 1 aromatic rings. The number of aromatic nitrogens is 1. The molecule has 1 fully saturated rings. The topological polar surface area (TPSA) is 50.3 Å². The van der Waals surface area contributed by atoms with Crippen LogP contribution in [-0.2, 0) is 15.7 Å². The average molecular weight is 335 g/mol. The normalized spacial score (nSPS) is 20.1. The predicted octanol–water partition coefficient (Wildman–Crippen LogP) is 2.44. The minimum absolute atomic E-state index is 0.160. The molecule has 0 spiro atoms. The number of nitrogens with zero attached hydrogens (tertiary/aromatic N) is 2. The van der Waals surface area contributed by atoms with Crippen molar-refractivity contribution in [1.82, 2.24) is 4.98 Å². The molecule has 0 amide bonds. The van der Waals surface area contributed by atoms with Crippen LogP contribution in [0.15, 0.2) is 12.1 Å². The van der Waals surface area contributed by atoms with E-state index in [4.69, 9.17) is 11.6 Å². The molecule has 0 radical (unpaired) electrons. The Morgan fingerprint density at radius 3 is 2.85 bits per heavy atom. The molecule has 112 valence electrons. The SMILES string of the molecule is CCS(=O)(=O)C1CSCCN1c1ccc(CCl)c(C)n1. The Labute approximate surface area is 129 Å². The van der Waals surface area contributed by atoms with Crippen molar-refractivity contribution in [3.05, 3.63) is 23.4 Å².